The highest BCUT2D eigenvalue weighted by Gasteiger charge is 2.18. The van der Waals surface area contributed by atoms with Crippen molar-refractivity contribution in [3.05, 3.63) is 34.3 Å². The Bertz CT molecular complexity index is 537. The number of thiophene rings is 1. The molecule has 3 rings (SSSR count). The molecule has 5 heteroatoms. The minimum absolute atomic E-state index is 0.880. The molecule has 94 valence electrons. The summed E-state index contributed by atoms with van der Waals surface area (Å²) < 4.78 is 0. The number of aromatic nitrogens is 2. The summed E-state index contributed by atoms with van der Waals surface area (Å²) in [7, 11) is 0. The van der Waals surface area contributed by atoms with Crippen molar-refractivity contribution in [3.8, 4) is 0 Å². The van der Waals surface area contributed by atoms with Crippen LogP contribution in [0.1, 0.15) is 17.4 Å². The van der Waals surface area contributed by atoms with Crippen molar-refractivity contribution in [1.29, 1.82) is 0 Å². The Kier molecular flexibility index (Phi) is 3.15. The maximum Gasteiger partial charge on any atom is 0.134 e. The number of nitrogens with one attached hydrogen (secondary N) is 1. The number of anilines is 2. The zero-order chi connectivity index (χ0) is 12.4. The molecule has 3 heterocycles. The van der Waals surface area contributed by atoms with Gasteiger partial charge in [-0.15, -0.1) is 11.3 Å². The molecular formula is C13H16N4S. The van der Waals surface area contributed by atoms with Crippen LogP contribution in [0.3, 0.4) is 0 Å². The monoisotopic (exact) mass is 260 g/mol. The molecule has 2 aromatic heterocycles. The van der Waals surface area contributed by atoms with Crippen LogP contribution in [-0.2, 0) is 13.0 Å². The van der Waals surface area contributed by atoms with Crippen molar-refractivity contribution in [2.75, 3.05) is 23.3 Å². The molecule has 0 aliphatic carbocycles. The van der Waals surface area contributed by atoms with Gasteiger partial charge < -0.3 is 10.2 Å². The summed E-state index contributed by atoms with van der Waals surface area (Å²) in [6.45, 7) is 4.95. The molecule has 1 aliphatic rings. The molecule has 0 fully saturated rings. The summed E-state index contributed by atoms with van der Waals surface area (Å²) in [5.41, 5.74) is 1.44. The first-order chi connectivity index (χ1) is 8.86. The number of fused-ring (bicyclic) bond motifs is 1. The lowest BCUT2D eigenvalue weighted by molar-refractivity contribution is 0.730. The average molecular weight is 260 g/mol. The number of rotatable bonds is 3. The van der Waals surface area contributed by atoms with E-state index in [9.17, 15) is 0 Å². The average Bonchev–Trinajstić information content (AvgIpc) is 2.86. The third-order valence-electron chi connectivity index (χ3n) is 3.14. The Morgan fingerprint density at radius 3 is 3.28 bits per heavy atom. The van der Waals surface area contributed by atoms with Crippen LogP contribution in [0.15, 0.2) is 23.8 Å². The van der Waals surface area contributed by atoms with Gasteiger partial charge in [-0.3, -0.25) is 0 Å². The van der Waals surface area contributed by atoms with Crippen molar-refractivity contribution in [2.24, 2.45) is 0 Å². The fourth-order valence-corrected chi connectivity index (χ4v) is 3.13. The third kappa shape index (κ3) is 2.18. The van der Waals surface area contributed by atoms with E-state index in [1.807, 2.05) is 17.4 Å². The molecular weight excluding hydrogens is 244 g/mol. The van der Waals surface area contributed by atoms with E-state index >= 15 is 0 Å². The van der Waals surface area contributed by atoms with Gasteiger partial charge >= 0.3 is 0 Å². The molecule has 2 aromatic rings. The second-order valence-electron chi connectivity index (χ2n) is 4.33. The van der Waals surface area contributed by atoms with Crippen LogP contribution in [0.5, 0.6) is 0 Å². The Labute approximate surface area is 111 Å². The van der Waals surface area contributed by atoms with Gasteiger partial charge in [0.05, 0.1) is 0 Å². The van der Waals surface area contributed by atoms with Crippen molar-refractivity contribution in [3.63, 3.8) is 0 Å². The quantitative estimate of drug-likeness (QED) is 0.920. The molecule has 1 N–H and O–H groups in total. The van der Waals surface area contributed by atoms with Crippen LogP contribution in [0, 0.1) is 0 Å². The standard InChI is InChI=1S/C13H16N4S/c1-2-14-12-7-13(16-9-15-12)17-5-3-11-10(8-17)4-6-18-11/h4,6-7,9H,2-3,5,8H2,1H3,(H,14,15,16). The minimum Gasteiger partial charge on any atom is -0.370 e. The highest BCUT2D eigenvalue weighted by molar-refractivity contribution is 7.10. The van der Waals surface area contributed by atoms with Crippen molar-refractivity contribution >= 4 is 23.0 Å². The molecule has 0 saturated carbocycles. The predicted octanol–water partition coefficient (Wildman–Crippen LogP) is 2.53. The second-order valence-corrected chi connectivity index (χ2v) is 5.33. The van der Waals surface area contributed by atoms with Crippen LogP contribution >= 0.6 is 11.3 Å². The minimum atomic E-state index is 0.880. The van der Waals surface area contributed by atoms with Crippen LogP contribution in [0.2, 0.25) is 0 Å². The Hall–Kier alpha value is -1.62. The van der Waals surface area contributed by atoms with Gasteiger partial charge in [0.25, 0.3) is 0 Å². The van der Waals surface area contributed by atoms with Crippen LogP contribution in [-0.4, -0.2) is 23.1 Å². The maximum absolute atomic E-state index is 4.38. The lowest BCUT2D eigenvalue weighted by atomic mass is 10.1. The lowest BCUT2D eigenvalue weighted by Crippen LogP contribution is -2.30. The Morgan fingerprint density at radius 1 is 1.44 bits per heavy atom. The lowest BCUT2D eigenvalue weighted by Gasteiger charge is -2.28. The summed E-state index contributed by atoms with van der Waals surface area (Å²) in [6.07, 6.45) is 2.75. The number of hydrogen-bond acceptors (Lipinski definition) is 5. The van der Waals surface area contributed by atoms with Gasteiger partial charge in [-0.05, 0) is 30.4 Å². The van der Waals surface area contributed by atoms with Crippen molar-refractivity contribution in [1.82, 2.24) is 9.97 Å². The van der Waals surface area contributed by atoms with E-state index in [0.29, 0.717) is 0 Å². The fraction of sp³-hybridized carbons (Fsp3) is 0.385. The van der Waals surface area contributed by atoms with Gasteiger partial charge in [0.15, 0.2) is 0 Å². The van der Waals surface area contributed by atoms with E-state index in [1.165, 1.54) is 10.4 Å². The zero-order valence-electron chi connectivity index (χ0n) is 10.4. The molecule has 4 nitrogen and oxygen atoms in total. The van der Waals surface area contributed by atoms with Crippen LogP contribution in [0.4, 0.5) is 11.6 Å². The zero-order valence-corrected chi connectivity index (χ0v) is 11.2. The SMILES string of the molecule is CCNc1cc(N2CCc3sccc3C2)ncn1. The van der Waals surface area contributed by atoms with E-state index in [0.717, 1.165) is 37.7 Å². The third-order valence-corrected chi connectivity index (χ3v) is 4.17. The molecule has 0 spiro atoms. The molecule has 0 atom stereocenters. The van der Waals surface area contributed by atoms with Gasteiger partial charge in [0.1, 0.15) is 18.0 Å². The highest BCUT2D eigenvalue weighted by atomic mass is 32.1. The van der Waals surface area contributed by atoms with Crippen molar-refractivity contribution < 1.29 is 0 Å². The summed E-state index contributed by atoms with van der Waals surface area (Å²) in [5.74, 6) is 1.91. The molecule has 0 bridgehead atoms. The number of nitrogens with zero attached hydrogens (tertiary/aromatic N) is 3. The molecule has 0 amide bonds. The van der Waals surface area contributed by atoms with E-state index in [2.05, 4.69) is 38.6 Å². The number of hydrogen-bond donors (Lipinski definition) is 1. The smallest absolute Gasteiger partial charge is 0.134 e. The van der Waals surface area contributed by atoms with E-state index in [1.54, 1.807) is 6.33 Å². The fourth-order valence-electron chi connectivity index (χ4n) is 2.24. The van der Waals surface area contributed by atoms with Gasteiger partial charge in [-0.25, -0.2) is 9.97 Å². The van der Waals surface area contributed by atoms with Gasteiger partial charge in [0.2, 0.25) is 0 Å². The summed E-state index contributed by atoms with van der Waals surface area (Å²) >= 11 is 1.86. The molecule has 0 aromatic carbocycles. The molecule has 0 radical (unpaired) electrons. The summed E-state index contributed by atoms with van der Waals surface area (Å²) in [4.78, 5) is 12.4. The van der Waals surface area contributed by atoms with Gasteiger partial charge in [-0.2, -0.15) is 0 Å². The van der Waals surface area contributed by atoms with E-state index in [-0.39, 0.29) is 0 Å². The summed E-state index contributed by atoms with van der Waals surface area (Å²) in [6, 6.07) is 4.25. The largest absolute Gasteiger partial charge is 0.370 e. The van der Waals surface area contributed by atoms with Crippen LogP contribution < -0.4 is 10.2 Å². The van der Waals surface area contributed by atoms with Gasteiger partial charge in [0, 0.05) is 30.6 Å². The Morgan fingerprint density at radius 2 is 2.39 bits per heavy atom. The van der Waals surface area contributed by atoms with Crippen LogP contribution in [0.25, 0.3) is 0 Å². The van der Waals surface area contributed by atoms with E-state index < -0.39 is 0 Å². The normalized spacial score (nSPS) is 14.4. The first kappa shape index (κ1) is 11.5. The molecule has 0 unspecified atom stereocenters. The molecule has 0 saturated heterocycles. The first-order valence-corrected chi connectivity index (χ1v) is 7.11. The van der Waals surface area contributed by atoms with Crippen molar-refractivity contribution in [2.45, 2.75) is 19.9 Å². The molecule has 1 aliphatic heterocycles. The predicted molar refractivity (Wildman–Crippen MR) is 75.3 cm³/mol. The van der Waals surface area contributed by atoms with Gasteiger partial charge in [-0.1, -0.05) is 0 Å². The molecule has 18 heavy (non-hydrogen) atoms. The summed E-state index contributed by atoms with van der Waals surface area (Å²) in [5, 5.41) is 5.40. The van der Waals surface area contributed by atoms with E-state index in [4.69, 9.17) is 0 Å². The maximum atomic E-state index is 4.38. The Balaban J connectivity index is 1.81. The topological polar surface area (TPSA) is 41.0 Å². The first-order valence-electron chi connectivity index (χ1n) is 6.23. The highest BCUT2D eigenvalue weighted by Crippen LogP contribution is 2.27. The second kappa shape index (κ2) is 4.94.